The number of ether oxygens (including phenoxy) is 1. The van der Waals surface area contributed by atoms with Gasteiger partial charge >= 0.3 is 0 Å². The fourth-order valence-electron chi connectivity index (χ4n) is 3.03. The van der Waals surface area contributed by atoms with Crippen LogP contribution in [0.3, 0.4) is 0 Å². The summed E-state index contributed by atoms with van der Waals surface area (Å²) < 4.78 is 5.59. The molecule has 0 atom stereocenters. The van der Waals surface area contributed by atoms with Crippen molar-refractivity contribution in [2.24, 2.45) is 0 Å². The number of amides is 1. The molecule has 6 nitrogen and oxygen atoms in total. The SMILES string of the molecule is CCOc1ncnc2sc(C(=O)Nc3ccc(N(CC)CC)cc3)c(C)c12. The van der Waals surface area contributed by atoms with Crippen LogP contribution in [0.5, 0.6) is 5.88 Å². The summed E-state index contributed by atoms with van der Waals surface area (Å²) >= 11 is 1.36. The normalized spacial score (nSPS) is 10.8. The average Bonchev–Trinajstić information content (AvgIpc) is 3.02. The second kappa shape index (κ2) is 8.35. The van der Waals surface area contributed by atoms with Gasteiger partial charge in [-0.25, -0.2) is 9.97 Å². The van der Waals surface area contributed by atoms with Gasteiger partial charge in [-0.3, -0.25) is 4.79 Å². The number of rotatable bonds is 7. The van der Waals surface area contributed by atoms with Crippen molar-refractivity contribution < 1.29 is 9.53 Å². The molecule has 0 saturated carbocycles. The van der Waals surface area contributed by atoms with E-state index in [2.05, 4.69) is 34.0 Å². The van der Waals surface area contributed by atoms with Crippen LogP contribution in [-0.4, -0.2) is 35.6 Å². The molecular formula is C20H24N4O2S. The highest BCUT2D eigenvalue weighted by Gasteiger charge is 2.20. The number of nitrogens with zero attached hydrogens (tertiary/aromatic N) is 3. The molecule has 1 aromatic carbocycles. The van der Waals surface area contributed by atoms with Gasteiger partial charge in [0.1, 0.15) is 11.2 Å². The maximum atomic E-state index is 12.8. The van der Waals surface area contributed by atoms with Gasteiger partial charge in [0.2, 0.25) is 5.88 Å². The zero-order chi connectivity index (χ0) is 19.4. The molecule has 1 N–H and O–H groups in total. The van der Waals surface area contributed by atoms with Gasteiger partial charge in [-0.05, 0) is 57.5 Å². The van der Waals surface area contributed by atoms with Gasteiger partial charge in [0, 0.05) is 24.5 Å². The number of anilines is 2. The van der Waals surface area contributed by atoms with Gasteiger partial charge in [-0.1, -0.05) is 0 Å². The molecule has 0 spiro atoms. The number of carbonyl (C=O) groups is 1. The number of thiophene rings is 1. The molecule has 27 heavy (non-hydrogen) atoms. The second-order valence-corrected chi connectivity index (χ2v) is 7.02. The van der Waals surface area contributed by atoms with Crippen molar-refractivity contribution in [1.29, 1.82) is 0 Å². The number of carbonyl (C=O) groups excluding carboxylic acids is 1. The van der Waals surface area contributed by atoms with E-state index in [-0.39, 0.29) is 5.91 Å². The summed E-state index contributed by atoms with van der Waals surface area (Å²) in [6, 6.07) is 7.91. The number of aryl methyl sites for hydroxylation is 1. The Morgan fingerprint density at radius 2 is 1.85 bits per heavy atom. The summed E-state index contributed by atoms with van der Waals surface area (Å²) in [5, 5.41) is 3.79. The summed E-state index contributed by atoms with van der Waals surface area (Å²) in [4.78, 5) is 24.9. The van der Waals surface area contributed by atoms with Crippen molar-refractivity contribution in [3.8, 4) is 5.88 Å². The Morgan fingerprint density at radius 3 is 2.48 bits per heavy atom. The third kappa shape index (κ3) is 3.88. The molecule has 0 bridgehead atoms. The molecule has 2 aromatic heterocycles. The quantitative estimate of drug-likeness (QED) is 0.650. The first kappa shape index (κ1) is 19.1. The number of fused-ring (bicyclic) bond motifs is 1. The Labute approximate surface area is 163 Å². The molecule has 142 valence electrons. The monoisotopic (exact) mass is 384 g/mol. The number of benzene rings is 1. The van der Waals surface area contributed by atoms with Crippen molar-refractivity contribution in [3.05, 3.63) is 41.0 Å². The van der Waals surface area contributed by atoms with Crippen LogP contribution in [-0.2, 0) is 0 Å². The molecule has 0 aliphatic carbocycles. The standard InChI is InChI=1S/C20H24N4O2S/c1-5-24(6-2)15-10-8-14(9-11-15)23-18(25)17-13(4)16-19(26-7-3)21-12-22-20(16)27-17/h8-12H,5-7H2,1-4H3,(H,23,25). The fraction of sp³-hybridized carbons (Fsp3) is 0.350. The molecule has 1 amide bonds. The van der Waals surface area contributed by atoms with E-state index < -0.39 is 0 Å². The van der Waals surface area contributed by atoms with E-state index in [9.17, 15) is 4.79 Å². The molecule has 0 radical (unpaired) electrons. The smallest absolute Gasteiger partial charge is 0.266 e. The first-order chi connectivity index (χ1) is 13.1. The fourth-order valence-corrected chi connectivity index (χ4v) is 4.07. The molecule has 0 aliphatic rings. The van der Waals surface area contributed by atoms with E-state index in [0.29, 0.717) is 17.4 Å². The van der Waals surface area contributed by atoms with Crippen LogP contribution in [0.1, 0.15) is 36.0 Å². The van der Waals surface area contributed by atoms with E-state index in [1.165, 1.54) is 17.7 Å². The Hall–Kier alpha value is -2.67. The van der Waals surface area contributed by atoms with Crippen molar-refractivity contribution >= 4 is 38.8 Å². The van der Waals surface area contributed by atoms with Crippen LogP contribution in [0, 0.1) is 6.92 Å². The Kier molecular flexibility index (Phi) is 5.91. The number of hydrogen-bond acceptors (Lipinski definition) is 6. The van der Waals surface area contributed by atoms with Crippen LogP contribution in [0.15, 0.2) is 30.6 Å². The van der Waals surface area contributed by atoms with Gasteiger partial charge < -0.3 is 15.0 Å². The average molecular weight is 385 g/mol. The molecule has 3 aromatic rings. The number of hydrogen-bond donors (Lipinski definition) is 1. The van der Waals surface area contributed by atoms with Crippen molar-refractivity contribution in [2.45, 2.75) is 27.7 Å². The highest BCUT2D eigenvalue weighted by molar-refractivity contribution is 7.20. The lowest BCUT2D eigenvalue weighted by Crippen LogP contribution is -2.21. The zero-order valence-corrected chi connectivity index (χ0v) is 16.9. The molecular weight excluding hydrogens is 360 g/mol. The molecule has 3 rings (SSSR count). The molecule has 7 heteroatoms. The van der Waals surface area contributed by atoms with Crippen molar-refractivity contribution in [1.82, 2.24) is 9.97 Å². The lowest BCUT2D eigenvalue weighted by Gasteiger charge is -2.21. The summed E-state index contributed by atoms with van der Waals surface area (Å²) in [5.41, 5.74) is 2.76. The third-order valence-electron chi connectivity index (χ3n) is 4.43. The summed E-state index contributed by atoms with van der Waals surface area (Å²) in [7, 11) is 0. The maximum absolute atomic E-state index is 12.8. The highest BCUT2D eigenvalue weighted by atomic mass is 32.1. The first-order valence-electron chi connectivity index (χ1n) is 9.12. The minimum Gasteiger partial charge on any atom is -0.477 e. The lowest BCUT2D eigenvalue weighted by molar-refractivity contribution is 0.103. The molecule has 2 heterocycles. The predicted molar refractivity (Wildman–Crippen MR) is 111 cm³/mol. The highest BCUT2D eigenvalue weighted by Crippen LogP contribution is 2.34. The summed E-state index contributed by atoms with van der Waals surface area (Å²) in [6.07, 6.45) is 1.47. The van der Waals surface area contributed by atoms with Gasteiger partial charge in [0.15, 0.2) is 0 Å². The van der Waals surface area contributed by atoms with Crippen LogP contribution in [0.4, 0.5) is 11.4 Å². The van der Waals surface area contributed by atoms with Crippen LogP contribution >= 0.6 is 11.3 Å². The largest absolute Gasteiger partial charge is 0.477 e. The summed E-state index contributed by atoms with van der Waals surface area (Å²) in [6.45, 7) is 10.5. The van der Waals surface area contributed by atoms with Crippen LogP contribution in [0.2, 0.25) is 0 Å². The van der Waals surface area contributed by atoms with Gasteiger partial charge in [-0.15, -0.1) is 11.3 Å². The van der Waals surface area contributed by atoms with Crippen molar-refractivity contribution in [3.63, 3.8) is 0 Å². The van der Waals surface area contributed by atoms with Crippen LogP contribution in [0.25, 0.3) is 10.2 Å². The number of aromatic nitrogens is 2. The van der Waals surface area contributed by atoms with E-state index in [1.807, 2.05) is 38.1 Å². The Balaban J connectivity index is 1.84. The van der Waals surface area contributed by atoms with Gasteiger partial charge in [-0.2, -0.15) is 0 Å². The molecule has 0 fully saturated rings. The minimum atomic E-state index is -0.145. The summed E-state index contributed by atoms with van der Waals surface area (Å²) in [5.74, 6) is 0.382. The Bertz CT molecular complexity index is 933. The van der Waals surface area contributed by atoms with E-state index >= 15 is 0 Å². The minimum absolute atomic E-state index is 0.145. The maximum Gasteiger partial charge on any atom is 0.266 e. The zero-order valence-electron chi connectivity index (χ0n) is 16.1. The predicted octanol–water partition coefficient (Wildman–Crippen LogP) is 4.50. The molecule has 0 saturated heterocycles. The topological polar surface area (TPSA) is 67.3 Å². The van der Waals surface area contributed by atoms with Crippen LogP contribution < -0.4 is 15.0 Å². The Morgan fingerprint density at radius 1 is 1.15 bits per heavy atom. The van der Waals surface area contributed by atoms with Crippen molar-refractivity contribution in [2.75, 3.05) is 29.9 Å². The lowest BCUT2D eigenvalue weighted by atomic mass is 10.2. The van der Waals surface area contributed by atoms with E-state index in [1.54, 1.807) is 0 Å². The second-order valence-electron chi connectivity index (χ2n) is 6.02. The molecule has 0 unspecified atom stereocenters. The third-order valence-corrected chi connectivity index (χ3v) is 5.63. The van der Waals surface area contributed by atoms with Gasteiger partial charge in [0.05, 0.1) is 16.9 Å². The van der Waals surface area contributed by atoms with E-state index in [4.69, 9.17) is 4.74 Å². The molecule has 0 aliphatic heterocycles. The number of nitrogens with one attached hydrogen (secondary N) is 1. The van der Waals surface area contributed by atoms with Gasteiger partial charge in [0.25, 0.3) is 5.91 Å². The van der Waals surface area contributed by atoms with E-state index in [0.717, 1.165) is 40.2 Å². The first-order valence-corrected chi connectivity index (χ1v) is 9.93.